The van der Waals surface area contributed by atoms with Crippen molar-refractivity contribution in [2.45, 2.75) is 27.7 Å². The number of benzene rings is 1. The molecule has 0 N–H and O–H groups in total. The molecule has 0 aliphatic heterocycles. The Bertz CT molecular complexity index is 429. The van der Waals surface area contributed by atoms with E-state index in [0.717, 1.165) is 5.30 Å². The van der Waals surface area contributed by atoms with Crippen molar-refractivity contribution in [1.29, 1.82) is 0 Å². The Morgan fingerprint density at radius 3 is 2.24 bits per heavy atom. The zero-order valence-corrected chi connectivity index (χ0v) is 12.0. The standard InChI is InChI=1S/C14H21O2P/c1-6-16-17(15,12(2)14(3,4)5)13-10-8-7-9-11-13/h7-11H,2,6H2,1,3-5H3. The molecule has 0 amide bonds. The molecule has 1 aromatic carbocycles. The van der Waals surface area contributed by atoms with Gasteiger partial charge < -0.3 is 4.52 Å². The first kappa shape index (κ1) is 14.2. The molecule has 0 bridgehead atoms. The van der Waals surface area contributed by atoms with E-state index in [-0.39, 0.29) is 5.41 Å². The molecule has 0 heterocycles. The second-order valence-corrected chi connectivity index (χ2v) is 7.42. The van der Waals surface area contributed by atoms with E-state index < -0.39 is 7.37 Å². The average molecular weight is 252 g/mol. The average Bonchev–Trinajstić information content (AvgIpc) is 2.28. The summed E-state index contributed by atoms with van der Waals surface area (Å²) in [6.07, 6.45) is 0. The van der Waals surface area contributed by atoms with Gasteiger partial charge in [-0.3, -0.25) is 4.57 Å². The molecule has 1 unspecified atom stereocenters. The fourth-order valence-corrected chi connectivity index (χ4v) is 3.98. The van der Waals surface area contributed by atoms with Crippen LogP contribution in [0.25, 0.3) is 0 Å². The Balaban J connectivity index is 3.25. The Hall–Kier alpha value is -0.850. The van der Waals surface area contributed by atoms with Crippen molar-refractivity contribution >= 4 is 12.7 Å². The molecule has 17 heavy (non-hydrogen) atoms. The Kier molecular flexibility index (Phi) is 4.35. The van der Waals surface area contributed by atoms with Crippen LogP contribution in [-0.2, 0) is 9.09 Å². The largest absolute Gasteiger partial charge is 0.323 e. The van der Waals surface area contributed by atoms with Crippen LogP contribution in [0.4, 0.5) is 0 Å². The zero-order valence-electron chi connectivity index (χ0n) is 11.1. The minimum absolute atomic E-state index is 0.236. The van der Waals surface area contributed by atoms with Gasteiger partial charge in [-0.25, -0.2) is 0 Å². The minimum atomic E-state index is -2.98. The van der Waals surface area contributed by atoms with Crippen LogP contribution in [0.15, 0.2) is 42.2 Å². The number of rotatable bonds is 4. The lowest BCUT2D eigenvalue weighted by molar-refractivity contribution is 0.338. The first-order valence-corrected chi connectivity index (χ1v) is 7.45. The van der Waals surface area contributed by atoms with Gasteiger partial charge in [-0.1, -0.05) is 45.5 Å². The number of hydrogen-bond donors (Lipinski definition) is 0. The molecule has 0 saturated carbocycles. The van der Waals surface area contributed by atoms with E-state index in [9.17, 15) is 4.57 Å². The maximum Gasteiger partial charge on any atom is 0.257 e. The highest BCUT2D eigenvalue weighted by Crippen LogP contribution is 2.58. The minimum Gasteiger partial charge on any atom is -0.323 e. The third-order valence-electron chi connectivity index (χ3n) is 2.63. The molecular weight excluding hydrogens is 231 g/mol. The van der Waals surface area contributed by atoms with Gasteiger partial charge in [0.1, 0.15) is 0 Å². The van der Waals surface area contributed by atoms with Crippen LogP contribution in [0, 0.1) is 5.41 Å². The maximum atomic E-state index is 13.0. The van der Waals surface area contributed by atoms with E-state index in [0.29, 0.717) is 11.9 Å². The predicted molar refractivity (Wildman–Crippen MR) is 73.9 cm³/mol. The molecule has 1 atom stereocenters. The fraction of sp³-hybridized carbons (Fsp3) is 0.429. The second kappa shape index (κ2) is 5.20. The highest BCUT2D eigenvalue weighted by atomic mass is 31.2. The molecule has 3 heteroatoms. The normalized spacial score (nSPS) is 15.3. The van der Waals surface area contributed by atoms with Crippen molar-refractivity contribution in [3.63, 3.8) is 0 Å². The van der Waals surface area contributed by atoms with E-state index in [2.05, 4.69) is 6.58 Å². The summed E-state index contributed by atoms with van der Waals surface area (Å²) >= 11 is 0. The van der Waals surface area contributed by atoms with Crippen molar-refractivity contribution in [3.05, 3.63) is 42.2 Å². The van der Waals surface area contributed by atoms with Crippen molar-refractivity contribution in [2.24, 2.45) is 5.41 Å². The van der Waals surface area contributed by atoms with Gasteiger partial charge in [0.05, 0.1) is 6.61 Å². The molecule has 94 valence electrons. The van der Waals surface area contributed by atoms with Crippen LogP contribution >= 0.6 is 7.37 Å². The molecule has 2 nitrogen and oxygen atoms in total. The smallest absolute Gasteiger partial charge is 0.257 e. The quantitative estimate of drug-likeness (QED) is 0.751. The fourth-order valence-electron chi connectivity index (χ4n) is 1.56. The van der Waals surface area contributed by atoms with Crippen LogP contribution in [0.3, 0.4) is 0 Å². The highest BCUT2D eigenvalue weighted by Gasteiger charge is 2.35. The van der Waals surface area contributed by atoms with Gasteiger partial charge in [0.2, 0.25) is 0 Å². The SMILES string of the molecule is C=C(C(C)(C)C)P(=O)(OCC)c1ccccc1. The van der Waals surface area contributed by atoms with E-state index in [1.807, 2.05) is 58.0 Å². The van der Waals surface area contributed by atoms with Gasteiger partial charge >= 0.3 is 0 Å². The lowest BCUT2D eigenvalue weighted by atomic mass is 9.97. The zero-order chi connectivity index (χ0) is 13.1. The summed E-state index contributed by atoms with van der Waals surface area (Å²) in [5.41, 5.74) is -0.236. The van der Waals surface area contributed by atoms with Crippen LogP contribution in [0.1, 0.15) is 27.7 Å². The number of hydrogen-bond acceptors (Lipinski definition) is 2. The summed E-state index contributed by atoms with van der Waals surface area (Å²) in [5, 5.41) is 1.39. The van der Waals surface area contributed by atoms with Crippen molar-refractivity contribution in [1.82, 2.24) is 0 Å². The second-order valence-electron chi connectivity index (χ2n) is 5.00. The van der Waals surface area contributed by atoms with Gasteiger partial charge in [-0.2, -0.15) is 0 Å². The van der Waals surface area contributed by atoms with Crippen molar-refractivity contribution in [2.75, 3.05) is 6.61 Å². The van der Waals surface area contributed by atoms with Crippen LogP contribution in [0.5, 0.6) is 0 Å². The monoisotopic (exact) mass is 252 g/mol. The molecule has 0 saturated heterocycles. The summed E-state index contributed by atoms with van der Waals surface area (Å²) in [6, 6.07) is 9.33. The van der Waals surface area contributed by atoms with E-state index in [1.165, 1.54) is 0 Å². The van der Waals surface area contributed by atoms with E-state index in [4.69, 9.17) is 4.52 Å². The van der Waals surface area contributed by atoms with Crippen LogP contribution in [-0.4, -0.2) is 6.61 Å². The third kappa shape index (κ3) is 3.08. The Morgan fingerprint density at radius 1 is 1.29 bits per heavy atom. The number of allylic oxidation sites excluding steroid dienone is 1. The van der Waals surface area contributed by atoms with E-state index in [1.54, 1.807) is 0 Å². The molecular formula is C14H21O2P. The summed E-state index contributed by atoms with van der Waals surface area (Å²) in [4.78, 5) is 0. The summed E-state index contributed by atoms with van der Waals surface area (Å²) < 4.78 is 18.6. The van der Waals surface area contributed by atoms with Gasteiger partial charge in [0, 0.05) is 10.6 Å². The van der Waals surface area contributed by atoms with Crippen molar-refractivity contribution in [3.8, 4) is 0 Å². The van der Waals surface area contributed by atoms with Crippen LogP contribution in [0.2, 0.25) is 0 Å². The molecule has 0 spiro atoms. The molecule has 0 aliphatic carbocycles. The van der Waals surface area contributed by atoms with Crippen LogP contribution < -0.4 is 5.30 Å². The highest BCUT2D eigenvalue weighted by molar-refractivity contribution is 7.71. The lowest BCUT2D eigenvalue weighted by Gasteiger charge is -2.29. The first-order valence-electron chi connectivity index (χ1n) is 5.82. The van der Waals surface area contributed by atoms with Gasteiger partial charge in [0.15, 0.2) is 0 Å². The third-order valence-corrected chi connectivity index (χ3v) is 5.61. The maximum absolute atomic E-state index is 13.0. The Morgan fingerprint density at radius 2 is 1.82 bits per heavy atom. The summed E-state index contributed by atoms with van der Waals surface area (Å²) in [7, 11) is -2.98. The van der Waals surface area contributed by atoms with Gasteiger partial charge in [-0.05, 0) is 24.5 Å². The summed E-state index contributed by atoms with van der Waals surface area (Å²) in [6.45, 7) is 12.3. The molecule has 1 rings (SSSR count). The topological polar surface area (TPSA) is 26.3 Å². The van der Waals surface area contributed by atoms with Crippen molar-refractivity contribution < 1.29 is 9.09 Å². The molecule has 0 fully saturated rings. The summed E-state index contributed by atoms with van der Waals surface area (Å²) in [5.74, 6) is 0. The first-order chi connectivity index (χ1) is 7.82. The molecule has 1 aromatic rings. The van der Waals surface area contributed by atoms with Gasteiger partial charge in [-0.15, -0.1) is 0 Å². The lowest BCUT2D eigenvalue weighted by Crippen LogP contribution is -2.17. The van der Waals surface area contributed by atoms with Gasteiger partial charge in [0.25, 0.3) is 7.37 Å². The predicted octanol–water partition coefficient (Wildman–Crippen LogP) is 4.19. The molecule has 0 aromatic heterocycles. The molecule has 0 radical (unpaired) electrons. The molecule has 0 aliphatic rings. The van der Waals surface area contributed by atoms with E-state index >= 15 is 0 Å². The Labute approximate surface area is 104 Å².